The summed E-state index contributed by atoms with van der Waals surface area (Å²) < 4.78 is 0. The highest BCUT2D eigenvalue weighted by atomic mass is 15.1. The van der Waals surface area contributed by atoms with Gasteiger partial charge in [-0.2, -0.15) is 0 Å². The third-order valence-electron chi connectivity index (χ3n) is 19.0. The average Bonchev–Trinajstić information content (AvgIpc) is 3.09. The second-order valence-corrected chi connectivity index (χ2v) is 29.6. The van der Waals surface area contributed by atoms with Gasteiger partial charge < -0.3 is 9.80 Å². The van der Waals surface area contributed by atoms with Crippen molar-refractivity contribution in [2.45, 2.75) is 182 Å². The van der Waals surface area contributed by atoms with Gasteiger partial charge in [-0.15, -0.1) is 0 Å². The standard InChI is InChI=1S/C74H82N2/c1-67(2,3)43-21-29-47(30-22-43)75(48-31-23-44(24-32-48)68(4,5)6)51-37-53-61-55(39-51)73(17,18)59-42-58-64-62-54(72(58,15)16)38-52(40-56(62)74(19,20)60-41-57(71(53,13)14)63(61)65(59)66(60)64)76(49-33-25-45(26-34-49)69(7,8)9)50-35-27-46(28-36-50)70(10,11)12/h21-42H,1-20H3. The molecule has 0 amide bonds. The molecule has 4 aliphatic carbocycles. The molecule has 0 heterocycles. The minimum atomic E-state index is -0.300. The van der Waals surface area contributed by atoms with Gasteiger partial charge in [-0.25, -0.2) is 0 Å². The molecule has 2 nitrogen and oxygen atoms in total. The topological polar surface area (TPSA) is 6.48 Å². The van der Waals surface area contributed by atoms with E-state index in [2.05, 4.69) is 282 Å². The second-order valence-electron chi connectivity index (χ2n) is 29.6. The van der Waals surface area contributed by atoms with E-state index in [1.165, 1.54) is 134 Å². The molecular formula is C74H82N2. The van der Waals surface area contributed by atoms with E-state index in [-0.39, 0.29) is 43.3 Å². The van der Waals surface area contributed by atoms with E-state index in [1.54, 1.807) is 0 Å². The number of rotatable bonds is 6. The van der Waals surface area contributed by atoms with Crippen molar-refractivity contribution >= 4 is 44.9 Å². The van der Waals surface area contributed by atoms with Crippen LogP contribution in [0.25, 0.3) is 33.0 Å². The highest BCUT2D eigenvalue weighted by Crippen LogP contribution is 2.68. The normalized spacial score (nSPS) is 16.8. The Morgan fingerprint density at radius 3 is 0.645 bits per heavy atom. The molecule has 8 aromatic carbocycles. The van der Waals surface area contributed by atoms with E-state index < -0.39 is 0 Å². The first kappa shape index (κ1) is 50.4. The van der Waals surface area contributed by atoms with E-state index in [1.807, 2.05) is 0 Å². The Bertz CT molecular complexity index is 3370. The SMILES string of the molecule is CC(C)(C)c1ccc(N(c2ccc(C(C)(C)C)cc2)c2cc3c4c(c2)C(C)(C)c2cc5c6c7c(cc(c-4c27)C3(C)C)C(C)(C)c2cc(N(c3ccc(C(C)(C)C)cc3)c3ccc(C(C)(C)C)cc3)cc(c2-6)C5(C)C)cc1. The molecule has 4 aliphatic rings. The van der Waals surface area contributed by atoms with E-state index in [0.717, 1.165) is 0 Å². The number of anilines is 6. The molecule has 388 valence electrons. The summed E-state index contributed by atoms with van der Waals surface area (Å²) in [5.74, 6) is 0. The fourth-order valence-corrected chi connectivity index (χ4v) is 14.1. The van der Waals surface area contributed by atoms with Crippen LogP contribution in [0.3, 0.4) is 0 Å². The number of nitrogens with zero attached hydrogens (tertiary/aromatic N) is 2. The average molecular weight is 999 g/mol. The predicted molar refractivity (Wildman–Crippen MR) is 327 cm³/mol. The lowest BCUT2D eigenvalue weighted by Gasteiger charge is -2.41. The smallest absolute Gasteiger partial charge is 0.0468 e. The van der Waals surface area contributed by atoms with Crippen molar-refractivity contribution in [3.05, 3.63) is 200 Å². The van der Waals surface area contributed by atoms with Gasteiger partial charge >= 0.3 is 0 Å². The van der Waals surface area contributed by atoms with Gasteiger partial charge in [0.05, 0.1) is 0 Å². The highest BCUT2D eigenvalue weighted by molar-refractivity contribution is 6.18. The molecule has 8 aromatic rings. The zero-order chi connectivity index (χ0) is 54.6. The lowest BCUT2D eigenvalue weighted by atomic mass is 9.62. The highest BCUT2D eigenvalue weighted by Gasteiger charge is 2.52. The van der Waals surface area contributed by atoms with Gasteiger partial charge in [0.1, 0.15) is 0 Å². The zero-order valence-corrected chi connectivity index (χ0v) is 49.6. The van der Waals surface area contributed by atoms with Gasteiger partial charge in [0, 0.05) is 55.8 Å². The number of hydrogen-bond donors (Lipinski definition) is 0. The van der Waals surface area contributed by atoms with Crippen molar-refractivity contribution in [2.75, 3.05) is 9.80 Å². The molecule has 0 aromatic heterocycles. The van der Waals surface area contributed by atoms with Crippen molar-refractivity contribution in [2.24, 2.45) is 0 Å². The first-order chi connectivity index (χ1) is 35.2. The summed E-state index contributed by atoms with van der Waals surface area (Å²) in [6, 6.07) is 53.1. The summed E-state index contributed by atoms with van der Waals surface area (Å²) in [4.78, 5) is 5.06. The van der Waals surface area contributed by atoms with Crippen LogP contribution in [0.4, 0.5) is 34.1 Å². The van der Waals surface area contributed by atoms with Crippen molar-refractivity contribution in [1.29, 1.82) is 0 Å². The first-order valence-electron chi connectivity index (χ1n) is 28.3. The molecule has 0 saturated carbocycles. The van der Waals surface area contributed by atoms with Crippen molar-refractivity contribution in [3.8, 4) is 22.3 Å². The molecule has 0 radical (unpaired) electrons. The van der Waals surface area contributed by atoms with Crippen LogP contribution in [0.2, 0.25) is 0 Å². The fourth-order valence-electron chi connectivity index (χ4n) is 14.1. The van der Waals surface area contributed by atoms with Gasteiger partial charge in [-0.1, -0.05) is 199 Å². The summed E-state index contributed by atoms with van der Waals surface area (Å²) >= 11 is 0. The molecule has 0 unspecified atom stereocenters. The molecule has 0 N–H and O–H groups in total. The van der Waals surface area contributed by atoms with Gasteiger partial charge in [-0.3, -0.25) is 0 Å². The van der Waals surface area contributed by atoms with Crippen LogP contribution in [0.1, 0.15) is 205 Å². The minimum Gasteiger partial charge on any atom is -0.310 e. The maximum atomic E-state index is 2.69. The molecule has 0 bridgehead atoms. The van der Waals surface area contributed by atoms with Crippen LogP contribution in [0, 0.1) is 0 Å². The quantitative estimate of drug-likeness (QED) is 0.164. The van der Waals surface area contributed by atoms with Gasteiger partial charge in [-0.05, 0) is 194 Å². The Balaban J connectivity index is 1.08. The molecule has 0 atom stereocenters. The maximum absolute atomic E-state index is 2.69. The van der Waals surface area contributed by atoms with Crippen LogP contribution < -0.4 is 9.80 Å². The first-order valence-corrected chi connectivity index (χ1v) is 28.3. The summed E-state index contributed by atoms with van der Waals surface area (Å²) in [5.41, 5.74) is 29.0. The Morgan fingerprint density at radius 1 is 0.237 bits per heavy atom. The largest absolute Gasteiger partial charge is 0.310 e. The molecule has 12 rings (SSSR count). The Kier molecular flexibility index (Phi) is 10.4. The Morgan fingerprint density at radius 2 is 0.434 bits per heavy atom. The minimum absolute atomic E-state index is 0.0562. The lowest BCUT2D eigenvalue weighted by Crippen LogP contribution is -2.28. The second kappa shape index (κ2) is 15.6. The molecule has 0 fully saturated rings. The Hall–Kier alpha value is -6.38. The Labute approximate surface area is 456 Å². The van der Waals surface area contributed by atoms with Gasteiger partial charge in [0.25, 0.3) is 0 Å². The van der Waals surface area contributed by atoms with Crippen molar-refractivity contribution in [3.63, 3.8) is 0 Å². The van der Waals surface area contributed by atoms with Crippen molar-refractivity contribution in [1.82, 2.24) is 0 Å². The molecule has 0 aliphatic heterocycles. The number of benzene rings is 8. The molecule has 0 spiro atoms. The summed E-state index contributed by atoms with van der Waals surface area (Å²) in [7, 11) is 0. The van der Waals surface area contributed by atoms with E-state index in [9.17, 15) is 0 Å². The van der Waals surface area contributed by atoms with Crippen LogP contribution >= 0.6 is 0 Å². The zero-order valence-electron chi connectivity index (χ0n) is 49.6. The third kappa shape index (κ3) is 7.10. The monoisotopic (exact) mass is 999 g/mol. The van der Waals surface area contributed by atoms with Crippen molar-refractivity contribution < 1.29 is 0 Å². The molecule has 0 saturated heterocycles. The van der Waals surface area contributed by atoms with E-state index >= 15 is 0 Å². The van der Waals surface area contributed by atoms with Gasteiger partial charge in [0.15, 0.2) is 0 Å². The summed E-state index contributed by atoms with van der Waals surface area (Å²) in [5, 5.41) is 2.98. The van der Waals surface area contributed by atoms with E-state index in [0.29, 0.717) is 0 Å². The summed E-state index contributed by atoms with van der Waals surface area (Å²) in [6.45, 7) is 47.8. The van der Waals surface area contributed by atoms with E-state index in [4.69, 9.17) is 0 Å². The lowest BCUT2D eigenvalue weighted by molar-refractivity contribution is 0.590. The molecular weight excluding hydrogens is 917 g/mol. The van der Waals surface area contributed by atoms with Crippen LogP contribution in [-0.4, -0.2) is 0 Å². The maximum Gasteiger partial charge on any atom is 0.0468 e. The van der Waals surface area contributed by atoms with Crippen LogP contribution in [-0.2, 0) is 43.3 Å². The van der Waals surface area contributed by atoms with Crippen LogP contribution in [0.5, 0.6) is 0 Å². The predicted octanol–water partition coefficient (Wildman–Crippen LogP) is 20.9. The fraction of sp³-hybridized carbons (Fsp3) is 0.378. The molecule has 2 heteroatoms. The molecule has 76 heavy (non-hydrogen) atoms. The van der Waals surface area contributed by atoms with Gasteiger partial charge in [0.2, 0.25) is 0 Å². The third-order valence-corrected chi connectivity index (χ3v) is 19.0. The van der Waals surface area contributed by atoms with Crippen LogP contribution in [0.15, 0.2) is 133 Å². The number of hydrogen-bond acceptors (Lipinski definition) is 2. The summed E-state index contributed by atoms with van der Waals surface area (Å²) in [6.07, 6.45) is 0.